The summed E-state index contributed by atoms with van der Waals surface area (Å²) in [6.07, 6.45) is 0. The van der Waals surface area contributed by atoms with Gasteiger partial charge in [-0.05, 0) is 18.6 Å². The zero-order valence-corrected chi connectivity index (χ0v) is 14.9. The van der Waals surface area contributed by atoms with Gasteiger partial charge in [-0.15, -0.1) is 0 Å². The molecule has 0 amide bonds. The number of aryl methyl sites for hydroxylation is 1. The third kappa shape index (κ3) is 6.21. The van der Waals surface area contributed by atoms with Crippen molar-refractivity contribution in [2.45, 2.75) is 26.6 Å². The zero-order valence-electron chi connectivity index (χ0n) is 14.9. The van der Waals surface area contributed by atoms with Gasteiger partial charge in [0.2, 0.25) is 0 Å². The first-order valence-corrected chi connectivity index (χ1v) is 8.11. The van der Waals surface area contributed by atoms with Crippen molar-refractivity contribution >= 4 is 11.6 Å². The van der Waals surface area contributed by atoms with E-state index in [0.717, 1.165) is 5.56 Å². The number of aliphatic imine (C=N–C) groups is 1. The molecule has 0 saturated heterocycles. The molecule has 0 aromatic heterocycles. The molecule has 0 aliphatic rings. The Balaban J connectivity index is 1.99. The highest BCUT2D eigenvalue weighted by molar-refractivity contribution is 5.79. The van der Waals surface area contributed by atoms with E-state index in [0.29, 0.717) is 23.6 Å². The first kappa shape index (κ1) is 20.1. The third-order valence-electron chi connectivity index (χ3n) is 3.68. The van der Waals surface area contributed by atoms with Gasteiger partial charge < -0.3 is 15.4 Å². The van der Waals surface area contributed by atoms with Crippen LogP contribution in [0.4, 0.5) is 14.5 Å². The van der Waals surface area contributed by atoms with Gasteiger partial charge in [0, 0.05) is 37.8 Å². The number of halogens is 2. The van der Waals surface area contributed by atoms with Crippen LogP contribution in [-0.4, -0.2) is 24.5 Å². The summed E-state index contributed by atoms with van der Waals surface area (Å²) in [5.41, 5.74) is 2.19. The fourth-order valence-corrected chi connectivity index (χ4v) is 2.42. The highest BCUT2D eigenvalue weighted by Crippen LogP contribution is 2.22. The van der Waals surface area contributed by atoms with E-state index >= 15 is 0 Å². The number of alkyl halides is 2. The summed E-state index contributed by atoms with van der Waals surface area (Å²) >= 11 is 0. The Morgan fingerprint density at radius 1 is 1.22 bits per heavy atom. The Hall–Kier alpha value is -3.23. The summed E-state index contributed by atoms with van der Waals surface area (Å²) in [4.78, 5) is 14.4. The standard InChI is InChI=1S/C18H20F2N4O3/c1-12-6-7-16(27-17(19)20)14(8-12)11-23-18(21-2)22-10-13-4-3-5-15(9-13)24(25)26/h3-9,17H,10-11H2,1-2H3,(H2,21,22,23). The molecule has 0 fully saturated rings. The zero-order chi connectivity index (χ0) is 19.8. The fourth-order valence-electron chi connectivity index (χ4n) is 2.42. The Kier molecular flexibility index (Phi) is 7.04. The van der Waals surface area contributed by atoms with E-state index < -0.39 is 11.5 Å². The van der Waals surface area contributed by atoms with Crippen molar-refractivity contribution in [3.8, 4) is 5.75 Å². The highest BCUT2D eigenvalue weighted by atomic mass is 19.3. The molecule has 0 saturated carbocycles. The lowest BCUT2D eigenvalue weighted by Gasteiger charge is -2.15. The van der Waals surface area contributed by atoms with Gasteiger partial charge in [0.1, 0.15) is 5.75 Å². The number of guanidine groups is 1. The van der Waals surface area contributed by atoms with Crippen molar-refractivity contribution in [2.24, 2.45) is 4.99 Å². The number of hydrogen-bond donors (Lipinski definition) is 2. The average Bonchev–Trinajstić information content (AvgIpc) is 2.63. The number of ether oxygens (including phenoxy) is 1. The second-order valence-electron chi connectivity index (χ2n) is 5.70. The molecular formula is C18H20F2N4O3. The molecule has 2 rings (SSSR count). The Labute approximate surface area is 155 Å². The molecule has 0 radical (unpaired) electrons. The lowest BCUT2D eigenvalue weighted by molar-refractivity contribution is -0.384. The van der Waals surface area contributed by atoms with Gasteiger partial charge in [-0.3, -0.25) is 15.1 Å². The minimum atomic E-state index is -2.90. The second-order valence-corrected chi connectivity index (χ2v) is 5.70. The first-order chi connectivity index (χ1) is 12.9. The maximum Gasteiger partial charge on any atom is 0.387 e. The lowest BCUT2D eigenvalue weighted by Crippen LogP contribution is -2.36. The molecule has 0 aliphatic heterocycles. The maximum atomic E-state index is 12.5. The Bertz CT molecular complexity index is 828. The minimum Gasteiger partial charge on any atom is -0.434 e. The number of rotatable bonds is 7. The van der Waals surface area contributed by atoms with E-state index in [4.69, 9.17) is 0 Å². The quantitative estimate of drug-likeness (QED) is 0.334. The molecule has 9 heteroatoms. The smallest absolute Gasteiger partial charge is 0.387 e. The van der Waals surface area contributed by atoms with E-state index in [9.17, 15) is 18.9 Å². The van der Waals surface area contributed by atoms with Gasteiger partial charge >= 0.3 is 6.61 Å². The molecule has 0 heterocycles. The topological polar surface area (TPSA) is 88.8 Å². The van der Waals surface area contributed by atoms with Gasteiger partial charge in [0.15, 0.2) is 5.96 Å². The van der Waals surface area contributed by atoms with Crippen LogP contribution in [0, 0.1) is 17.0 Å². The summed E-state index contributed by atoms with van der Waals surface area (Å²) in [7, 11) is 1.57. The molecule has 144 valence electrons. The number of nitro groups is 1. The molecule has 2 aromatic carbocycles. The van der Waals surface area contributed by atoms with Crippen molar-refractivity contribution in [1.29, 1.82) is 0 Å². The molecule has 2 aromatic rings. The van der Waals surface area contributed by atoms with Crippen LogP contribution in [0.1, 0.15) is 16.7 Å². The van der Waals surface area contributed by atoms with E-state index in [1.807, 2.05) is 6.92 Å². The van der Waals surface area contributed by atoms with E-state index in [2.05, 4.69) is 20.4 Å². The van der Waals surface area contributed by atoms with Crippen LogP contribution in [0.25, 0.3) is 0 Å². The third-order valence-corrected chi connectivity index (χ3v) is 3.68. The SMILES string of the molecule is CN=C(NCc1cccc([N+](=O)[O-])c1)NCc1cc(C)ccc1OC(F)F. The second kappa shape index (κ2) is 9.46. The van der Waals surface area contributed by atoms with E-state index in [1.165, 1.54) is 18.2 Å². The largest absolute Gasteiger partial charge is 0.434 e. The molecule has 0 atom stereocenters. The molecule has 0 unspecified atom stereocenters. The number of hydrogen-bond acceptors (Lipinski definition) is 4. The molecule has 7 nitrogen and oxygen atoms in total. The number of benzene rings is 2. The predicted octanol–water partition coefficient (Wildman–Crippen LogP) is 3.37. The van der Waals surface area contributed by atoms with Crippen LogP contribution in [0.15, 0.2) is 47.5 Å². The molecular weight excluding hydrogens is 358 g/mol. The Morgan fingerprint density at radius 2 is 1.96 bits per heavy atom. The number of non-ortho nitro benzene ring substituents is 1. The van der Waals surface area contributed by atoms with Crippen LogP contribution in [0.5, 0.6) is 5.75 Å². The van der Waals surface area contributed by atoms with Crippen LogP contribution < -0.4 is 15.4 Å². The van der Waals surface area contributed by atoms with Gasteiger partial charge in [0.25, 0.3) is 5.69 Å². The molecule has 2 N–H and O–H groups in total. The summed E-state index contributed by atoms with van der Waals surface area (Å²) in [5.74, 6) is 0.517. The maximum absolute atomic E-state index is 12.5. The Morgan fingerprint density at radius 3 is 2.63 bits per heavy atom. The fraction of sp³-hybridized carbons (Fsp3) is 0.278. The van der Waals surface area contributed by atoms with Crippen LogP contribution in [0.3, 0.4) is 0 Å². The number of nitrogens with zero attached hydrogens (tertiary/aromatic N) is 2. The van der Waals surface area contributed by atoms with Crippen molar-refractivity contribution in [3.05, 3.63) is 69.3 Å². The van der Waals surface area contributed by atoms with Crippen molar-refractivity contribution < 1.29 is 18.4 Å². The highest BCUT2D eigenvalue weighted by Gasteiger charge is 2.11. The van der Waals surface area contributed by atoms with Gasteiger partial charge in [-0.1, -0.05) is 29.8 Å². The average molecular weight is 378 g/mol. The normalized spacial score (nSPS) is 11.4. The summed E-state index contributed by atoms with van der Waals surface area (Å²) < 4.78 is 29.6. The van der Waals surface area contributed by atoms with Gasteiger partial charge in [0.05, 0.1) is 4.92 Å². The van der Waals surface area contributed by atoms with Crippen LogP contribution >= 0.6 is 0 Å². The monoisotopic (exact) mass is 378 g/mol. The summed E-state index contributed by atoms with van der Waals surface area (Å²) in [6.45, 7) is -0.517. The molecule has 0 bridgehead atoms. The molecule has 0 aliphatic carbocycles. The number of nitrogens with one attached hydrogen (secondary N) is 2. The lowest BCUT2D eigenvalue weighted by atomic mass is 10.1. The van der Waals surface area contributed by atoms with Gasteiger partial charge in [-0.25, -0.2) is 0 Å². The predicted molar refractivity (Wildman–Crippen MR) is 97.9 cm³/mol. The van der Waals surface area contributed by atoms with Crippen molar-refractivity contribution in [1.82, 2.24) is 10.6 Å². The van der Waals surface area contributed by atoms with Crippen LogP contribution in [-0.2, 0) is 13.1 Å². The van der Waals surface area contributed by atoms with Crippen molar-refractivity contribution in [3.63, 3.8) is 0 Å². The molecule has 0 spiro atoms. The summed E-state index contributed by atoms with van der Waals surface area (Å²) in [5, 5.41) is 16.9. The van der Waals surface area contributed by atoms with Gasteiger partial charge in [-0.2, -0.15) is 8.78 Å². The first-order valence-electron chi connectivity index (χ1n) is 8.11. The van der Waals surface area contributed by atoms with Crippen molar-refractivity contribution in [2.75, 3.05) is 7.05 Å². The van der Waals surface area contributed by atoms with Crippen LogP contribution in [0.2, 0.25) is 0 Å². The molecule has 27 heavy (non-hydrogen) atoms. The van der Waals surface area contributed by atoms with E-state index in [1.54, 1.807) is 31.3 Å². The number of nitro benzene ring substituents is 1. The minimum absolute atomic E-state index is 0.00537. The summed E-state index contributed by atoms with van der Waals surface area (Å²) in [6, 6.07) is 11.2. The van der Waals surface area contributed by atoms with E-state index in [-0.39, 0.29) is 18.0 Å².